The first-order valence-electron chi connectivity index (χ1n) is 5.98. The summed E-state index contributed by atoms with van der Waals surface area (Å²) in [5, 5.41) is 9.37. The molecule has 3 nitrogen and oxygen atoms in total. The van der Waals surface area contributed by atoms with Crippen molar-refractivity contribution in [3.8, 4) is 11.5 Å². The summed E-state index contributed by atoms with van der Waals surface area (Å²) < 4.78 is 23.7. The van der Waals surface area contributed by atoms with Crippen molar-refractivity contribution in [3.05, 3.63) is 58.4 Å². The molecule has 0 aliphatic rings. The molecule has 106 valence electrons. The van der Waals surface area contributed by atoms with Gasteiger partial charge in [-0.25, -0.2) is 4.39 Å². The summed E-state index contributed by atoms with van der Waals surface area (Å²) in [5.41, 5.74) is 1.37. The monoisotopic (exact) mass is 296 g/mol. The van der Waals surface area contributed by atoms with Gasteiger partial charge in [-0.2, -0.15) is 0 Å². The molecule has 20 heavy (non-hydrogen) atoms. The lowest BCUT2D eigenvalue weighted by Crippen LogP contribution is -1.99. The lowest BCUT2D eigenvalue weighted by molar-refractivity contribution is 0.258. The number of halogens is 2. The van der Waals surface area contributed by atoms with Crippen molar-refractivity contribution in [2.24, 2.45) is 0 Å². The predicted molar refractivity (Wildman–Crippen MR) is 74.7 cm³/mol. The van der Waals surface area contributed by atoms with Crippen LogP contribution in [0.1, 0.15) is 11.1 Å². The van der Waals surface area contributed by atoms with E-state index < -0.39 is 5.82 Å². The molecule has 1 N–H and O–H groups in total. The molecule has 2 aromatic carbocycles. The number of methoxy groups -OCH3 is 1. The van der Waals surface area contributed by atoms with E-state index in [0.717, 1.165) is 5.56 Å². The lowest BCUT2D eigenvalue weighted by atomic mass is 10.2. The molecule has 0 aromatic heterocycles. The second kappa shape index (κ2) is 6.59. The lowest BCUT2D eigenvalue weighted by Gasteiger charge is -2.12. The third-order valence-electron chi connectivity index (χ3n) is 2.82. The van der Waals surface area contributed by atoms with Gasteiger partial charge in [-0.15, -0.1) is 0 Å². The van der Waals surface area contributed by atoms with Crippen molar-refractivity contribution >= 4 is 11.6 Å². The highest BCUT2D eigenvalue weighted by Crippen LogP contribution is 2.25. The van der Waals surface area contributed by atoms with Crippen LogP contribution < -0.4 is 9.47 Å². The van der Waals surface area contributed by atoms with Crippen molar-refractivity contribution < 1.29 is 19.0 Å². The second-order valence-electron chi connectivity index (χ2n) is 4.17. The van der Waals surface area contributed by atoms with E-state index in [2.05, 4.69) is 0 Å². The third-order valence-corrected chi connectivity index (χ3v) is 3.11. The molecule has 0 saturated carbocycles. The first kappa shape index (κ1) is 14.6. The minimum absolute atomic E-state index is 0.0585. The molecule has 0 spiro atoms. The zero-order valence-corrected chi connectivity index (χ0v) is 11.7. The van der Waals surface area contributed by atoms with Crippen LogP contribution in [0.4, 0.5) is 4.39 Å². The van der Waals surface area contributed by atoms with Crippen LogP contribution in [0.15, 0.2) is 36.4 Å². The number of benzene rings is 2. The fraction of sp³-hybridized carbons (Fsp3) is 0.200. The maximum Gasteiger partial charge on any atom is 0.141 e. The van der Waals surface area contributed by atoms with Gasteiger partial charge >= 0.3 is 0 Å². The standard InChI is InChI=1S/C15H14ClFO3/c1-19-12-3-5-15(11(7-12)8-18)20-9-10-2-4-14(17)13(16)6-10/h2-7,18H,8-9H2,1H3. The van der Waals surface area contributed by atoms with Gasteiger partial charge in [0.25, 0.3) is 0 Å². The van der Waals surface area contributed by atoms with Crippen LogP contribution in [0.2, 0.25) is 5.02 Å². The Hall–Kier alpha value is -1.78. The SMILES string of the molecule is COc1ccc(OCc2ccc(F)c(Cl)c2)c(CO)c1. The first-order valence-corrected chi connectivity index (χ1v) is 6.36. The van der Waals surface area contributed by atoms with Gasteiger partial charge in [-0.05, 0) is 35.9 Å². The normalized spacial score (nSPS) is 10.4. The Morgan fingerprint density at radius 1 is 1.20 bits per heavy atom. The highest BCUT2D eigenvalue weighted by atomic mass is 35.5. The zero-order valence-electron chi connectivity index (χ0n) is 10.9. The van der Waals surface area contributed by atoms with Crippen molar-refractivity contribution in [2.75, 3.05) is 7.11 Å². The maximum atomic E-state index is 13.0. The summed E-state index contributed by atoms with van der Waals surface area (Å²) in [7, 11) is 1.55. The number of rotatable bonds is 5. The van der Waals surface area contributed by atoms with Crippen LogP contribution in [0.5, 0.6) is 11.5 Å². The molecule has 0 fully saturated rings. The van der Waals surface area contributed by atoms with E-state index in [1.807, 2.05) is 0 Å². The molecule has 0 radical (unpaired) electrons. The summed E-state index contributed by atoms with van der Waals surface area (Å²) in [4.78, 5) is 0. The Labute approximate surface area is 121 Å². The van der Waals surface area contributed by atoms with Gasteiger partial charge in [0.2, 0.25) is 0 Å². The fourth-order valence-electron chi connectivity index (χ4n) is 1.74. The fourth-order valence-corrected chi connectivity index (χ4v) is 1.94. The van der Waals surface area contributed by atoms with Gasteiger partial charge in [-0.1, -0.05) is 17.7 Å². The van der Waals surface area contributed by atoms with E-state index in [-0.39, 0.29) is 18.2 Å². The van der Waals surface area contributed by atoms with E-state index >= 15 is 0 Å². The van der Waals surface area contributed by atoms with E-state index in [4.69, 9.17) is 21.1 Å². The van der Waals surface area contributed by atoms with E-state index in [1.54, 1.807) is 31.4 Å². The molecule has 5 heteroatoms. The summed E-state index contributed by atoms with van der Waals surface area (Å²) in [5.74, 6) is 0.732. The topological polar surface area (TPSA) is 38.7 Å². The predicted octanol–water partition coefficient (Wildman–Crippen LogP) is 3.56. The average molecular weight is 297 g/mol. The molecular formula is C15H14ClFO3. The van der Waals surface area contributed by atoms with Crippen LogP contribution >= 0.6 is 11.6 Å². The Bertz CT molecular complexity index is 602. The van der Waals surface area contributed by atoms with Gasteiger partial charge in [0.1, 0.15) is 23.9 Å². The zero-order chi connectivity index (χ0) is 14.5. The molecule has 0 atom stereocenters. The van der Waals surface area contributed by atoms with E-state index in [9.17, 15) is 9.50 Å². The van der Waals surface area contributed by atoms with Crippen LogP contribution in [0.3, 0.4) is 0 Å². The van der Waals surface area contributed by atoms with Crippen molar-refractivity contribution in [3.63, 3.8) is 0 Å². The third kappa shape index (κ3) is 3.40. The molecule has 0 aliphatic carbocycles. The van der Waals surface area contributed by atoms with Crippen LogP contribution in [0, 0.1) is 5.82 Å². The summed E-state index contributed by atoms with van der Waals surface area (Å²) in [6.07, 6.45) is 0. The highest BCUT2D eigenvalue weighted by molar-refractivity contribution is 6.30. The largest absolute Gasteiger partial charge is 0.497 e. The Balaban J connectivity index is 2.12. The summed E-state index contributed by atoms with van der Waals surface area (Å²) >= 11 is 5.71. The number of hydrogen-bond acceptors (Lipinski definition) is 3. The van der Waals surface area contributed by atoms with Crippen molar-refractivity contribution in [1.29, 1.82) is 0 Å². The van der Waals surface area contributed by atoms with Gasteiger partial charge in [-0.3, -0.25) is 0 Å². The number of ether oxygens (including phenoxy) is 2. The molecule has 2 aromatic rings. The maximum absolute atomic E-state index is 13.0. The number of aliphatic hydroxyl groups excluding tert-OH is 1. The van der Waals surface area contributed by atoms with Gasteiger partial charge in [0, 0.05) is 5.56 Å². The average Bonchev–Trinajstić information content (AvgIpc) is 2.48. The van der Waals surface area contributed by atoms with Crippen LogP contribution in [0.25, 0.3) is 0 Å². The summed E-state index contributed by atoms with van der Waals surface area (Å²) in [6, 6.07) is 9.57. The smallest absolute Gasteiger partial charge is 0.141 e. The van der Waals surface area contributed by atoms with Crippen LogP contribution in [-0.2, 0) is 13.2 Å². The molecule has 0 heterocycles. The van der Waals surface area contributed by atoms with Gasteiger partial charge in [0.05, 0.1) is 18.7 Å². The number of aliphatic hydroxyl groups is 1. The van der Waals surface area contributed by atoms with Crippen LogP contribution in [-0.4, -0.2) is 12.2 Å². The van der Waals surface area contributed by atoms with E-state index in [1.165, 1.54) is 12.1 Å². The molecular weight excluding hydrogens is 283 g/mol. The first-order chi connectivity index (χ1) is 9.63. The van der Waals surface area contributed by atoms with Gasteiger partial charge < -0.3 is 14.6 Å². The van der Waals surface area contributed by atoms with Crippen molar-refractivity contribution in [1.82, 2.24) is 0 Å². The molecule has 0 amide bonds. The molecule has 0 bridgehead atoms. The molecule has 0 saturated heterocycles. The minimum atomic E-state index is -0.462. The number of hydrogen-bond donors (Lipinski definition) is 1. The Morgan fingerprint density at radius 3 is 2.65 bits per heavy atom. The van der Waals surface area contributed by atoms with E-state index in [0.29, 0.717) is 17.1 Å². The second-order valence-corrected chi connectivity index (χ2v) is 4.58. The summed E-state index contributed by atoms with van der Waals surface area (Å²) in [6.45, 7) is 0.0794. The molecule has 0 aliphatic heterocycles. The van der Waals surface area contributed by atoms with Gasteiger partial charge in [0.15, 0.2) is 0 Å². The molecule has 2 rings (SSSR count). The quantitative estimate of drug-likeness (QED) is 0.917. The molecule has 0 unspecified atom stereocenters. The van der Waals surface area contributed by atoms with Crippen molar-refractivity contribution in [2.45, 2.75) is 13.2 Å². The highest BCUT2D eigenvalue weighted by Gasteiger charge is 2.06. The minimum Gasteiger partial charge on any atom is -0.497 e. The Morgan fingerprint density at radius 2 is 2.00 bits per heavy atom. The Kier molecular flexibility index (Phi) is 4.82.